The lowest BCUT2D eigenvalue weighted by atomic mass is 9.99. The van der Waals surface area contributed by atoms with E-state index in [4.69, 9.17) is 4.74 Å². The first kappa shape index (κ1) is 13.9. The molecular weight excluding hydrogens is 240 g/mol. The minimum absolute atomic E-state index is 0.378. The normalized spacial score (nSPS) is 17.1. The molecule has 0 spiro atoms. The number of rotatable bonds is 4. The highest BCUT2D eigenvalue weighted by atomic mass is 16.6. The highest BCUT2D eigenvalue weighted by molar-refractivity contribution is 5.70. The van der Waals surface area contributed by atoms with Gasteiger partial charge in [0.05, 0.1) is 0 Å². The van der Waals surface area contributed by atoms with Crippen LogP contribution in [-0.2, 0) is 0 Å². The molecule has 1 aromatic carbocycles. The van der Waals surface area contributed by atoms with Crippen LogP contribution in [0.4, 0.5) is 4.79 Å². The molecule has 19 heavy (non-hydrogen) atoms. The maximum absolute atomic E-state index is 11.6. The molecule has 1 N–H and O–H groups in total. The van der Waals surface area contributed by atoms with Gasteiger partial charge in [-0.15, -0.1) is 0 Å². The van der Waals surface area contributed by atoms with E-state index in [9.17, 15) is 4.79 Å². The highest BCUT2D eigenvalue weighted by Crippen LogP contribution is 2.15. The van der Waals surface area contributed by atoms with Crippen molar-refractivity contribution in [1.29, 1.82) is 0 Å². The Hall–Kier alpha value is -1.55. The number of nitrogens with one attached hydrogen (secondary N) is 1. The van der Waals surface area contributed by atoms with Gasteiger partial charge < -0.3 is 15.0 Å². The van der Waals surface area contributed by atoms with Gasteiger partial charge in [-0.3, -0.25) is 0 Å². The first-order chi connectivity index (χ1) is 9.24. The highest BCUT2D eigenvalue weighted by Gasteiger charge is 2.15. The van der Waals surface area contributed by atoms with Gasteiger partial charge in [0.2, 0.25) is 0 Å². The van der Waals surface area contributed by atoms with Gasteiger partial charge in [0.15, 0.2) is 0 Å². The number of benzene rings is 1. The molecule has 1 fully saturated rings. The molecule has 0 atom stereocenters. The van der Waals surface area contributed by atoms with Crippen molar-refractivity contribution >= 4 is 6.09 Å². The number of carbonyl (C=O) groups is 1. The van der Waals surface area contributed by atoms with Crippen molar-refractivity contribution in [1.82, 2.24) is 10.2 Å². The third-order valence-corrected chi connectivity index (χ3v) is 3.53. The molecule has 4 nitrogen and oxygen atoms in total. The molecular formula is C15H22N2O2. The standard InChI is InChI=1S/C15H22N2O2/c1-13-7-10-17(11-8-13)12-9-16-15(18)19-14-5-3-2-4-6-14/h2-6,13H,7-12H2,1H3,(H,16,18). The second-order valence-electron chi connectivity index (χ2n) is 5.15. The second-order valence-corrected chi connectivity index (χ2v) is 5.15. The molecule has 1 aliphatic heterocycles. The summed E-state index contributed by atoms with van der Waals surface area (Å²) in [6, 6.07) is 9.12. The van der Waals surface area contributed by atoms with Crippen molar-refractivity contribution in [3.8, 4) is 5.75 Å². The molecule has 1 aromatic rings. The monoisotopic (exact) mass is 262 g/mol. The Kier molecular flexibility index (Phi) is 5.21. The fraction of sp³-hybridized carbons (Fsp3) is 0.533. The van der Waals surface area contributed by atoms with Crippen LogP contribution in [0.1, 0.15) is 19.8 Å². The topological polar surface area (TPSA) is 41.6 Å². The minimum atomic E-state index is -0.378. The summed E-state index contributed by atoms with van der Waals surface area (Å²) in [6.45, 7) is 6.11. The molecule has 1 saturated heterocycles. The van der Waals surface area contributed by atoms with Gasteiger partial charge in [0, 0.05) is 13.1 Å². The van der Waals surface area contributed by atoms with Crippen molar-refractivity contribution in [2.45, 2.75) is 19.8 Å². The minimum Gasteiger partial charge on any atom is -0.410 e. The molecule has 1 amide bonds. The smallest absolute Gasteiger partial charge is 0.410 e. The van der Waals surface area contributed by atoms with Crippen LogP contribution in [0.3, 0.4) is 0 Å². The van der Waals surface area contributed by atoms with Crippen molar-refractivity contribution in [3.05, 3.63) is 30.3 Å². The largest absolute Gasteiger partial charge is 0.412 e. The maximum atomic E-state index is 11.6. The van der Waals surface area contributed by atoms with Gasteiger partial charge in [0.1, 0.15) is 5.75 Å². The van der Waals surface area contributed by atoms with Crippen LogP contribution >= 0.6 is 0 Å². The van der Waals surface area contributed by atoms with Gasteiger partial charge >= 0.3 is 6.09 Å². The summed E-state index contributed by atoms with van der Waals surface area (Å²) < 4.78 is 5.15. The van der Waals surface area contributed by atoms with Crippen molar-refractivity contribution in [2.24, 2.45) is 5.92 Å². The van der Waals surface area contributed by atoms with Crippen molar-refractivity contribution in [2.75, 3.05) is 26.2 Å². The van der Waals surface area contributed by atoms with Crippen LogP contribution < -0.4 is 10.1 Å². The molecule has 104 valence electrons. The van der Waals surface area contributed by atoms with Crippen LogP contribution in [0.2, 0.25) is 0 Å². The van der Waals surface area contributed by atoms with Gasteiger partial charge in [-0.1, -0.05) is 25.1 Å². The summed E-state index contributed by atoms with van der Waals surface area (Å²) >= 11 is 0. The van der Waals surface area contributed by atoms with E-state index in [0.717, 1.165) is 25.6 Å². The van der Waals surface area contributed by atoms with E-state index < -0.39 is 0 Å². The predicted octanol–water partition coefficient (Wildman–Crippen LogP) is 2.51. The summed E-state index contributed by atoms with van der Waals surface area (Å²) in [5.41, 5.74) is 0. The number of ether oxygens (including phenoxy) is 1. The Morgan fingerprint density at radius 3 is 2.68 bits per heavy atom. The van der Waals surface area contributed by atoms with Crippen molar-refractivity contribution < 1.29 is 9.53 Å². The van der Waals surface area contributed by atoms with Crippen LogP contribution in [-0.4, -0.2) is 37.2 Å². The summed E-state index contributed by atoms with van der Waals surface area (Å²) in [7, 11) is 0. The summed E-state index contributed by atoms with van der Waals surface area (Å²) in [5.74, 6) is 1.42. The average Bonchev–Trinajstić information content (AvgIpc) is 2.42. The zero-order chi connectivity index (χ0) is 13.5. The number of likely N-dealkylation sites (tertiary alicyclic amines) is 1. The van der Waals surface area contributed by atoms with Crippen LogP contribution in [0.25, 0.3) is 0 Å². The molecule has 0 aliphatic carbocycles. The van der Waals surface area contributed by atoms with Gasteiger partial charge in [-0.25, -0.2) is 4.79 Å². The molecule has 4 heteroatoms. The fourth-order valence-corrected chi connectivity index (χ4v) is 2.23. The third kappa shape index (κ3) is 4.91. The number of piperidine rings is 1. The number of para-hydroxylation sites is 1. The second kappa shape index (κ2) is 7.14. The number of carbonyl (C=O) groups excluding carboxylic acids is 1. The number of nitrogens with zero attached hydrogens (tertiary/aromatic N) is 1. The molecule has 0 unspecified atom stereocenters. The van der Waals surface area contributed by atoms with E-state index >= 15 is 0 Å². The summed E-state index contributed by atoms with van der Waals surface area (Å²) in [4.78, 5) is 13.9. The van der Waals surface area contributed by atoms with E-state index in [-0.39, 0.29) is 6.09 Å². The first-order valence-corrected chi connectivity index (χ1v) is 6.97. The Morgan fingerprint density at radius 1 is 1.32 bits per heavy atom. The SMILES string of the molecule is CC1CCN(CCNC(=O)Oc2ccccc2)CC1. The van der Waals surface area contributed by atoms with E-state index in [2.05, 4.69) is 17.1 Å². The average molecular weight is 262 g/mol. The molecule has 0 aromatic heterocycles. The van der Waals surface area contributed by atoms with Gasteiger partial charge in [-0.2, -0.15) is 0 Å². The zero-order valence-electron chi connectivity index (χ0n) is 11.5. The molecule has 2 rings (SSSR count). The van der Waals surface area contributed by atoms with Gasteiger partial charge in [0.25, 0.3) is 0 Å². The quantitative estimate of drug-likeness (QED) is 0.906. The fourth-order valence-electron chi connectivity index (χ4n) is 2.23. The Bertz CT molecular complexity index is 386. The zero-order valence-corrected chi connectivity index (χ0v) is 11.5. The van der Waals surface area contributed by atoms with Gasteiger partial charge in [-0.05, 0) is 44.0 Å². The van der Waals surface area contributed by atoms with Crippen molar-refractivity contribution in [3.63, 3.8) is 0 Å². The molecule has 0 saturated carbocycles. The van der Waals surface area contributed by atoms with Crippen LogP contribution in [0.15, 0.2) is 30.3 Å². The Balaban J connectivity index is 1.62. The Morgan fingerprint density at radius 2 is 2.00 bits per heavy atom. The molecule has 0 radical (unpaired) electrons. The predicted molar refractivity (Wildman–Crippen MR) is 75.3 cm³/mol. The lowest BCUT2D eigenvalue weighted by Crippen LogP contribution is -2.39. The van der Waals surface area contributed by atoms with E-state index in [1.807, 2.05) is 18.2 Å². The molecule has 1 aliphatic rings. The Labute approximate surface area is 114 Å². The van der Waals surface area contributed by atoms with E-state index in [1.54, 1.807) is 12.1 Å². The van der Waals surface area contributed by atoms with E-state index in [0.29, 0.717) is 12.3 Å². The van der Waals surface area contributed by atoms with E-state index in [1.165, 1.54) is 12.8 Å². The lowest BCUT2D eigenvalue weighted by molar-refractivity contribution is 0.182. The number of hydrogen-bond donors (Lipinski definition) is 1. The number of amides is 1. The van der Waals surface area contributed by atoms with Crippen LogP contribution in [0.5, 0.6) is 5.75 Å². The number of hydrogen-bond acceptors (Lipinski definition) is 3. The first-order valence-electron chi connectivity index (χ1n) is 6.97. The third-order valence-electron chi connectivity index (χ3n) is 3.53. The summed E-state index contributed by atoms with van der Waals surface area (Å²) in [6.07, 6.45) is 2.14. The maximum Gasteiger partial charge on any atom is 0.412 e. The lowest BCUT2D eigenvalue weighted by Gasteiger charge is -2.29. The summed E-state index contributed by atoms with van der Waals surface area (Å²) in [5, 5.41) is 2.79. The molecule has 1 heterocycles. The molecule has 0 bridgehead atoms. The van der Waals surface area contributed by atoms with Crippen LogP contribution in [0, 0.1) is 5.92 Å².